The highest BCUT2D eigenvalue weighted by molar-refractivity contribution is 5.85. The SMILES string of the molecule is CCN(CC1CCOC1)C(=O)CC(C)(C(=O)O)C(C)C. The highest BCUT2D eigenvalue weighted by Gasteiger charge is 2.40. The Labute approximate surface area is 121 Å². The molecule has 0 aliphatic carbocycles. The molecule has 0 bridgehead atoms. The zero-order chi connectivity index (χ0) is 15.3. The maximum absolute atomic E-state index is 12.4. The Kier molecular flexibility index (Phi) is 5.99. The fourth-order valence-corrected chi connectivity index (χ4v) is 2.40. The fourth-order valence-electron chi connectivity index (χ4n) is 2.40. The average molecular weight is 285 g/mol. The molecule has 1 rings (SSSR count). The minimum absolute atomic E-state index is 0.0570. The topological polar surface area (TPSA) is 66.8 Å². The maximum atomic E-state index is 12.4. The summed E-state index contributed by atoms with van der Waals surface area (Å²) in [5.74, 6) is -0.675. The highest BCUT2D eigenvalue weighted by atomic mass is 16.5. The van der Waals surface area contributed by atoms with Crippen LogP contribution in [0.25, 0.3) is 0 Å². The van der Waals surface area contributed by atoms with Crippen molar-refractivity contribution >= 4 is 11.9 Å². The van der Waals surface area contributed by atoms with Gasteiger partial charge in [0.15, 0.2) is 0 Å². The van der Waals surface area contributed by atoms with Gasteiger partial charge < -0.3 is 14.7 Å². The van der Waals surface area contributed by atoms with E-state index in [1.54, 1.807) is 11.8 Å². The minimum atomic E-state index is -1.00. The molecule has 0 spiro atoms. The van der Waals surface area contributed by atoms with Crippen LogP contribution in [0.15, 0.2) is 0 Å². The molecule has 1 heterocycles. The first-order valence-electron chi connectivity index (χ1n) is 7.40. The molecule has 1 N–H and O–H groups in total. The summed E-state index contributed by atoms with van der Waals surface area (Å²) >= 11 is 0. The van der Waals surface area contributed by atoms with Gasteiger partial charge in [0.25, 0.3) is 0 Å². The molecule has 2 atom stereocenters. The van der Waals surface area contributed by atoms with E-state index in [9.17, 15) is 14.7 Å². The van der Waals surface area contributed by atoms with E-state index in [-0.39, 0.29) is 18.2 Å². The van der Waals surface area contributed by atoms with Gasteiger partial charge in [-0.2, -0.15) is 0 Å². The summed E-state index contributed by atoms with van der Waals surface area (Å²) in [6.45, 7) is 10.0. The van der Waals surface area contributed by atoms with Gasteiger partial charge in [-0.15, -0.1) is 0 Å². The van der Waals surface area contributed by atoms with Crippen LogP contribution < -0.4 is 0 Å². The van der Waals surface area contributed by atoms with Gasteiger partial charge in [0, 0.05) is 32.0 Å². The summed E-state index contributed by atoms with van der Waals surface area (Å²) in [4.78, 5) is 25.6. The van der Waals surface area contributed by atoms with Crippen molar-refractivity contribution in [3.8, 4) is 0 Å². The Morgan fingerprint density at radius 3 is 2.50 bits per heavy atom. The van der Waals surface area contributed by atoms with E-state index < -0.39 is 11.4 Å². The number of carboxylic acids is 1. The van der Waals surface area contributed by atoms with Crippen molar-refractivity contribution in [1.82, 2.24) is 4.90 Å². The van der Waals surface area contributed by atoms with Crippen LogP contribution in [-0.2, 0) is 14.3 Å². The summed E-state index contributed by atoms with van der Waals surface area (Å²) in [6, 6.07) is 0. The normalized spacial score (nSPS) is 21.8. The lowest BCUT2D eigenvalue weighted by atomic mass is 9.76. The Bertz CT molecular complexity index is 350. The number of carbonyl (C=O) groups is 2. The van der Waals surface area contributed by atoms with Gasteiger partial charge in [0.05, 0.1) is 12.0 Å². The second kappa shape index (κ2) is 7.07. The van der Waals surface area contributed by atoms with E-state index in [0.717, 1.165) is 13.0 Å². The summed E-state index contributed by atoms with van der Waals surface area (Å²) in [7, 11) is 0. The molecule has 1 fully saturated rings. The van der Waals surface area contributed by atoms with Crippen LogP contribution in [0.1, 0.15) is 40.5 Å². The van der Waals surface area contributed by atoms with Crippen LogP contribution in [0.4, 0.5) is 0 Å². The van der Waals surface area contributed by atoms with E-state index in [4.69, 9.17) is 4.74 Å². The summed E-state index contributed by atoms with van der Waals surface area (Å²) < 4.78 is 5.33. The molecule has 0 aromatic carbocycles. The van der Waals surface area contributed by atoms with Crippen LogP contribution in [0.5, 0.6) is 0 Å². The van der Waals surface area contributed by atoms with Gasteiger partial charge in [0.2, 0.25) is 5.91 Å². The van der Waals surface area contributed by atoms with E-state index in [0.29, 0.717) is 25.6 Å². The third-order valence-electron chi connectivity index (χ3n) is 4.52. The Morgan fingerprint density at radius 2 is 2.10 bits per heavy atom. The number of carbonyl (C=O) groups excluding carboxylic acids is 1. The van der Waals surface area contributed by atoms with Crippen molar-refractivity contribution in [1.29, 1.82) is 0 Å². The van der Waals surface area contributed by atoms with Crippen molar-refractivity contribution in [3.05, 3.63) is 0 Å². The second-order valence-electron chi connectivity index (χ2n) is 6.22. The van der Waals surface area contributed by atoms with Gasteiger partial charge in [-0.05, 0) is 26.2 Å². The molecular formula is C15H27NO4. The van der Waals surface area contributed by atoms with Crippen LogP contribution in [-0.4, -0.2) is 48.2 Å². The number of carboxylic acid groups (broad SMARTS) is 1. The van der Waals surface area contributed by atoms with Crippen LogP contribution in [0, 0.1) is 17.3 Å². The molecule has 5 nitrogen and oxygen atoms in total. The third kappa shape index (κ3) is 3.95. The molecule has 20 heavy (non-hydrogen) atoms. The first-order chi connectivity index (χ1) is 9.31. The molecule has 1 saturated heterocycles. The fraction of sp³-hybridized carbons (Fsp3) is 0.867. The van der Waals surface area contributed by atoms with Gasteiger partial charge in [-0.25, -0.2) is 0 Å². The summed E-state index contributed by atoms with van der Waals surface area (Å²) in [5, 5.41) is 9.40. The van der Waals surface area contributed by atoms with Crippen molar-refractivity contribution in [2.45, 2.75) is 40.5 Å². The standard InChI is InChI=1S/C15H27NO4/c1-5-16(9-12-6-7-20-10-12)13(17)8-15(4,11(2)3)14(18)19/h11-12H,5-10H2,1-4H3,(H,18,19). The molecular weight excluding hydrogens is 258 g/mol. The van der Waals surface area contributed by atoms with Gasteiger partial charge in [-0.3, -0.25) is 9.59 Å². The lowest BCUT2D eigenvalue weighted by molar-refractivity contribution is -0.155. The van der Waals surface area contributed by atoms with Gasteiger partial charge in [0.1, 0.15) is 0 Å². The number of aliphatic carboxylic acids is 1. The van der Waals surface area contributed by atoms with Crippen molar-refractivity contribution in [2.24, 2.45) is 17.3 Å². The third-order valence-corrected chi connectivity index (χ3v) is 4.52. The van der Waals surface area contributed by atoms with Crippen molar-refractivity contribution < 1.29 is 19.4 Å². The number of ether oxygens (including phenoxy) is 1. The number of hydrogen-bond acceptors (Lipinski definition) is 3. The minimum Gasteiger partial charge on any atom is -0.481 e. The Morgan fingerprint density at radius 1 is 1.45 bits per heavy atom. The molecule has 0 aromatic heterocycles. The van der Waals surface area contributed by atoms with Gasteiger partial charge >= 0.3 is 5.97 Å². The molecule has 5 heteroatoms. The quantitative estimate of drug-likeness (QED) is 0.777. The molecule has 0 saturated carbocycles. The molecule has 2 unspecified atom stereocenters. The lowest BCUT2D eigenvalue weighted by Crippen LogP contribution is -2.42. The molecule has 0 radical (unpaired) electrons. The number of nitrogens with zero attached hydrogens (tertiary/aromatic N) is 1. The van der Waals surface area contributed by atoms with Crippen LogP contribution in [0.2, 0.25) is 0 Å². The number of rotatable bonds is 7. The van der Waals surface area contributed by atoms with Crippen LogP contribution >= 0.6 is 0 Å². The number of hydrogen-bond donors (Lipinski definition) is 1. The largest absolute Gasteiger partial charge is 0.481 e. The number of amides is 1. The van der Waals surface area contributed by atoms with Crippen LogP contribution in [0.3, 0.4) is 0 Å². The Hall–Kier alpha value is -1.10. The van der Waals surface area contributed by atoms with E-state index in [1.807, 2.05) is 20.8 Å². The molecule has 0 aromatic rings. The maximum Gasteiger partial charge on any atom is 0.310 e. The highest BCUT2D eigenvalue weighted by Crippen LogP contribution is 2.32. The first-order valence-corrected chi connectivity index (χ1v) is 7.40. The second-order valence-corrected chi connectivity index (χ2v) is 6.22. The molecule has 116 valence electrons. The van der Waals surface area contributed by atoms with E-state index >= 15 is 0 Å². The summed E-state index contributed by atoms with van der Waals surface area (Å²) in [5.41, 5.74) is -1.00. The summed E-state index contributed by atoms with van der Waals surface area (Å²) in [6.07, 6.45) is 1.03. The van der Waals surface area contributed by atoms with E-state index in [1.165, 1.54) is 0 Å². The van der Waals surface area contributed by atoms with Crippen molar-refractivity contribution in [2.75, 3.05) is 26.3 Å². The monoisotopic (exact) mass is 285 g/mol. The Balaban J connectivity index is 2.67. The predicted octanol–water partition coefficient (Wildman–Crippen LogP) is 2.01. The average Bonchev–Trinajstić information content (AvgIpc) is 2.87. The lowest BCUT2D eigenvalue weighted by Gasteiger charge is -2.32. The van der Waals surface area contributed by atoms with Crippen molar-refractivity contribution in [3.63, 3.8) is 0 Å². The predicted molar refractivity (Wildman–Crippen MR) is 76.4 cm³/mol. The smallest absolute Gasteiger partial charge is 0.310 e. The molecule has 1 amide bonds. The molecule has 1 aliphatic heterocycles. The zero-order valence-corrected chi connectivity index (χ0v) is 13.0. The van der Waals surface area contributed by atoms with Gasteiger partial charge in [-0.1, -0.05) is 13.8 Å². The first kappa shape index (κ1) is 17.0. The van der Waals surface area contributed by atoms with E-state index in [2.05, 4.69) is 0 Å². The molecule has 1 aliphatic rings. The zero-order valence-electron chi connectivity index (χ0n) is 13.0.